The van der Waals surface area contributed by atoms with Gasteiger partial charge in [0.25, 0.3) is 5.91 Å². The van der Waals surface area contributed by atoms with Gasteiger partial charge in [-0.25, -0.2) is 0 Å². The van der Waals surface area contributed by atoms with E-state index < -0.39 is 5.97 Å². The Kier molecular flexibility index (Phi) is 7.85. The highest BCUT2D eigenvalue weighted by molar-refractivity contribution is 6.06. The van der Waals surface area contributed by atoms with E-state index in [1.807, 2.05) is 43.4 Å². The molecule has 1 fully saturated rings. The van der Waals surface area contributed by atoms with Gasteiger partial charge in [0, 0.05) is 37.1 Å². The molecule has 0 aromatic heterocycles. The van der Waals surface area contributed by atoms with Crippen molar-refractivity contribution in [3.8, 4) is 0 Å². The van der Waals surface area contributed by atoms with E-state index >= 15 is 0 Å². The fourth-order valence-corrected chi connectivity index (χ4v) is 4.35. The van der Waals surface area contributed by atoms with Crippen molar-refractivity contribution in [2.45, 2.75) is 51.0 Å². The number of ether oxygens (including phenoxy) is 1. The quantitative estimate of drug-likeness (QED) is 0.548. The number of benzene rings is 2. The van der Waals surface area contributed by atoms with Gasteiger partial charge in [-0.3, -0.25) is 19.6 Å². The van der Waals surface area contributed by atoms with E-state index in [4.69, 9.17) is 19.8 Å². The molecule has 2 aromatic rings. The van der Waals surface area contributed by atoms with Crippen LogP contribution in [0.4, 0.5) is 11.4 Å². The Balaban J connectivity index is 1.63. The number of amides is 1. The van der Waals surface area contributed by atoms with Crippen molar-refractivity contribution in [1.29, 1.82) is 0 Å². The van der Waals surface area contributed by atoms with Crippen molar-refractivity contribution in [3.05, 3.63) is 59.7 Å². The minimum atomic E-state index is -0.775. The molecule has 0 radical (unpaired) electrons. The number of nitrogens with zero attached hydrogens (tertiary/aromatic N) is 3. The number of aliphatic carboxylic acids is 1. The van der Waals surface area contributed by atoms with Crippen LogP contribution in [0.5, 0.6) is 0 Å². The van der Waals surface area contributed by atoms with Gasteiger partial charge >= 0.3 is 5.97 Å². The number of unbranched alkanes of at least 4 members (excludes halogenated alkanes) is 1. The van der Waals surface area contributed by atoms with Crippen LogP contribution in [-0.2, 0) is 9.53 Å². The van der Waals surface area contributed by atoms with Crippen LogP contribution < -0.4 is 0 Å². The number of carbonyl (C=O) groups excluding carboxylic acids is 1. The number of hydrogen-bond acceptors (Lipinski definition) is 5. The number of carbonyl (C=O) groups is 2. The van der Waals surface area contributed by atoms with Crippen LogP contribution in [0.2, 0.25) is 0 Å². The highest BCUT2D eigenvalue weighted by atomic mass is 16.5. The molecule has 4 rings (SSSR count). The summed E-state index contributed by atoms with van der Waals surface area (Å²) in [4.78, 5) is 35.6. The molecule has 2 aliphatic heterocycles. The molecule has 1 N–H and O–H groups in total. The van der Waals surface area contributed by atoms with Gasteiger partial charge in [0.05, 0.1) is 24.0 Å². The van der Waals surface area contributed by atoms with Crippen LogP contribution in [0.15, 0.2) is 58.5 Å². The molecular weight excluding hydrogens is 430 g/mol. The Hall–Kier alpha value is -3.32. The number of likely N-dealkylation sites (N-methyl/N-ethyl adjacent to an activating group) is 1. The van der Waals surface area contributed by atoms with Gasteiger partial charge in [-0.2, -0.15) is 0 Å². The molecule has 2 heterocycles. The number of hydrogen-bond donors (Lipinski definition) is 1. The fraction of sp³-hybridized carbons (Fsp3) is 0.407. The predicted octanol–water partition coefficient (Wildman–Crippen LogP) is 5.18. The highest BCUT2D eigenvalue weighted by Crippen LogP contribution is 2.33. The Morgan fingerprint density at radius 2 is 1.88 bits per heavy atom. The van der Waals surface area contributed by atoms with E-state index in [0.29, 0.717) is 30.9 Å². The standard InChI is InChI=1S/C27H31N3O4/c1-30(22-15-16-34-18-22)27(33)20-11-13-24-25(17-20)28-21(9-5-6-10-26(31)32)12-14-23(29-24)19-7-3-2-4-8-19/h2-4,7-8,11,13,17,22H,5-6,9-10,12,14-16,18H2,1H3,(H,31,32)/b28-21-,29-23+. The average Bonchev–Trinajstić information content (AvgIpc) is 3.37. The first-order valence-electron chi connectivity index (χ1n) is 11.9. The Bertz CT molecular complexity index is 1090. The number of aliphatic imine (C=N–C) groups is 2. The van der Waals surface area contributed by atoms with Crippen LogP contribution in [-0.4, -0.2) is 59.6 Å². The zero-order valence-corrected chi connectivity index (χ0v) is 19.6. The second-order valence-corrected chi connectivity index (χ2v) is 8.84. The number of carboxylic acid groups (broad SMARTS) is 1. The lowest BCUT2D eigenvalue weighted by molar-refractivity contribution is -0.137. The van der Waals surface area contributed by atoms with Gasteiger partial charge in [-0.1, -0.05) is 30.3 Å². The zero-order valence-electron chi connectivity index (χ0n) is 19.6. The maximum Gasteiger partial charge on any atom is 0.303 e. The summed E-state index contributed by atoms with van der Waals surface area (Å²) in [5.41, 5.74) is 5.07. The predicted molar refractivity (Wildman–Crippen MR) is 133 cm³/mol. The van der Waals surface area contributed by atoms with Gasteiger partial charge in [0.2, 0.25) is 0 Å². The molecule has 34 heavy (non-hydrogen) atoms. The molecule has 1 amide bonds. The van der Waals surface area contributed by atoms with Crippen LogP contribution in [0, 0.1) is 0 Å². The first-order valence-corrected chi connectivity index (χ1v) is 11.9. The molecule has 2 aromatic carbocycles. The summed E-state index contributed by atoms with van der Waals surface area (Å²) in [5, 5.41) is 8.94. The SMILES string of the molecule is CN(C(=O)c1ccc2c(c1)/N=C(/CCCCC(=O)O)CC/C(c1ccccc1)=N\2)C1CCOC1. The molecule has 7 heteroatoms. The van der Waals surface area contributed by atoms with E-state index in [-0.39, 0.29) is 18.4 Å². The normalized spacial score (nSPS) is 20.8. The van der Waals surface area contributed by atoms with Crippen molar-refractivity contribution in [2.75, 3.05) is 20.3 Å². The summed E-state index contributed by atoms with van der Waals surface area (Å²) in [6, 6.07) is 15.7. The fourth-order valence-electron chi connectivity index (χ4n) is 4.35. The summed E-state index contributed by atoms with van der Waals surface area (Å²) in [7, 11) is 1.82. The van der Waals surface area contributed by atoms with Crippen molar-refractivity contribution >= 4 is 34.7 Å². The van der Waals surface area contributed by atoms with Gasteiger partial charge in [0.15, 0.2) is 0 Å². The average molecular weight is 462 g/mol. The lowest BCUT2D eigenvalue weighted by atomic mass is 9.99. The summed E-state index contributed by atoms with van der Waals surface area (Å²) >= 11 is 0. The molecule has 1 atom stereocenters. The van der Waals surface area contributed by atoms with E-state index in [2.05, 4.69) is 12.1 Å². The first-order chi connectivity index (χ1) is 16.5. The minimum Gasteiger partial charge on any atom is -0.481 e. The molecule has 0 bridgehead atoms. The van der Waals surface area contributed by atoms with E-state index in [1.54, 1.807) is 4.90 Å². The maximum atomic E-state index is 13.1. The molecule has 1 saturated heterocycles. The summed E-state index contributed by atoms with van der Waals surface area (Å²) in [6.45, 7) is 1.25. The summed E-state index contributed by atoms with van der Waals surface area (Å²) in [6.07, 6.45) is 4.62. The first kappa shape index (κ1) is 23.8. The molecule has 1 unspecified atom stereocenters. The third-order valence-corrected chi connectivity index (χ3v) is 6.39. The van der Waals surface area contributed by atoms with Crippen molar-refractivity contribution < 1.29 is 19.4 Å². The van der Waals surface area contributed by atoms with Crippen LogP contribution in [0.25, 0.3) is 0 Å². The third-order valence-electron chi connectivity index (χ3n) is 6.39. The lowest BCUT2D eigenvalue weighted by Crippen LogP contribution is -2.37. The molecule has 0 spiro atoms. The van der Waals surface area contributed by atoms with Gasteiger partial charge in [-0.05, 0) is 62.3 Å². The molecule has 0 saturated carbocycles. The summed E-state index contributed by atoms with van der Waals surface area (Å²) < 4.78 is 5.44. The van der Waals surface area contributed by atoms with E-state index in [9.17, 15) is 9.59 Å². The zero-order chi connectivity index (χ0) is 23.9. The Morgan fingerprint density at radius 3 is 2.62 bits per heavy atom. The lowest BCUT2D eigenvalue weighted by Gasteiger charge is -2.23. The monoisotopic (exact) mass is 461 g/mol. The second-order valence-electron chi connectivity index (χ2n) is 8.84. The molecular formula is C27H31N3O4. The van der Waals surface area contributed by atoms with Gasteiger partial charge in [-0.15, -0.1) is 0 Å². The van der Waals surface area contributed by atoms with Crippen molar-refractivity contribution in [2.24, 2.45) is 9.98 Å². The molecule has 2 aliphatic rings. The van der Waals surface area contributed by atoms with Gasteiger partial charge < -0.3 is 14.7 Å². The van der Waals surface area contributed by atoms with Crippen LogP contribution in [0.3, 0.4) is 0 Å². The van der Waals surface area contributed by atoms with E-state index in [0.717, 1.165) is 54.8 Å². The minimum absolute atomic E-state index is 0.0502. The van der Waals surface area contributed by atoms with Crippen molar-refractivity contribution in [1.82, 2.24) is 4.90 Å². The summed E-state index contributed by atoms with van der Waals surface area (Å²) in [5.74, 6) is -0.825. The topological polar surface area (TPSA) is 91.6 Å². The smallest absolute Gasteiger partial charge is 0.303 e. The van der Waals surface area contributed by atoms with Crippen LogP contribution in [0.1, 0.15) is 60.9 Å². The van der Waals surface area contributed by atoms with Crippen molar-refractivity contribution in [3.63, 3.8) is 0 Å². The number of carboxylic acids is 1. The number of rotatable bonds is 8. The van der Waals surface area contributed by atoms with Gasteiger partial charge in [0.1, 0.15) is 0 Å². The maximum absolute atomic E-state index is 13.1. The number of fused-ring (bicyclic) bond motifs is 1. The van der Waals surface area contributed by atoms with E-state index in [1.165, 1.54) is 0 Å². The second kappa shape index (κ2) is 11.2. The molecule has 7 nitrogen and oxygen atoms in total. The molecule has 178 valence electrons. The third kappa shape index (κ3) is 5.97. The Morgan fingerprint density at radius 1 is 1.06 bits per heavy atom. The highest BCUT2D eigenvalue weighted by Gasteiger charge is 2.25. The van der Waals surface area contributed by atoms with Crippen LogP contribution >= 0.6 is 0 Å². The Labute approximate surface area is 200 Å². The molecule has 0 aliphatic carbocycles. The largest absolute Gasteiger partial charge is 0.481 e.